The van der Waals surface area contributed by atoms with Crippen LogP contribution in [0.2, 0.25) is 0 Å². The summed E-state index contributed by atoms with van der Waals surface area (Å²) in [6, 6.07) is 0. The highest BCUT2D eigenvalue weighted by molar-refractivity contribution is 5.13. The predicted octanol–water partition coefficient (Wildman–Crippen LogP) is 1.14. The molecule has 0 bridgehead atoms. The fraction of sp³-hybridized carbons (Fsp3) is 0.800. The third-order valence-corrected chi connectivity index (χ3v) is 3.19. The molecule has 1 saturated carbocycles. The second kappa shape index (κ2) is 3.69. The molecule has 14 heavy (non-hydrogen) atoms. The maximum Gasteiger partial charge on any atom is 0.158 e. The van der Waals surface area contributed by atoms with Gasteiger partial charge in [0.05, 0.1) is 0 Å². The number of aromatic amines is 1. The third kappa shape index (κ3) is 1.43. The number of aryl methyl sites for hydroxylation is 1. The van der Waals surface area contributed by atoms with Gasteiger partial charge in [0.25, 0.3) is 0 Å². The minimum absolute atomic E-state index is 0.0997. The lowest BCUT2D eigenvalue weighted by Crippen LogP contribution is -2.42. The van der Waals surface area contributed by atoms with E-state index in [4.69, 9.17) is 5.73 Å². The molecule has 1 heterocycles. The smallest absolute Gasteiger partial charge is 0.158 e. The highest BCUT2D eigenvalue weighted by atomic mass is 15.2. The summed E-state index contributed by atoms with van der Waals surface area (Å²) in [7, 11) is 0. The number of nitrogens with zero attached hydrogens (tertiary/aromatic N) is 2. The van der Waals surface area contributed by atoms with Crippen molar-refractivity contribution < 1.29 is 0 Å². The van der Waals surface area contributed by atoms with Crippen molar-refractivity contribution >= 4 is 0 Å². The molecule has 4 heteroatoms. The Bertz CT molecular complexity index is 295. The van der Waals surface area contributed by atoms with Crippen LogP contribution in [0.3, 0.4) is 0 Å². The summed E-state index contributed by atoms with van der Waals surface area (Å²) in [5.74, 6) is 1.94. The van der Waals surface area contributed by atoms with Crippen LogP contribution in [0, 0.1) is 0 Å². The third-order valence-electron chi connectivity index (χ3n) is 3.19. The summed E-state index contributed by atoms with van der Waals surface area (Å²) < 4.78 is 0. The van der Waals surface area contributed by atoms with Gasteiger partial charge in [0.2, 0.25) is 0 Å². The number of nitrogens with one attached hydrogen (secondary N) is 1. The summed E-state index contributed by atoms with van der Waals surface area (Å²) in [4.78, 5) is 4.52. The van der Waals surface area contributed by atoms with Gasteiger partial charge < -0.3 is 5.73 Å². The normalized spacial score (nSPS) is 19.3. The van der Waals surface area contributed by atoms with E-state index < -0.39 is 0 Å². The molecule has 1 aliphatic carbocycles. The molecule has 0 aromatic carbocycles. The van der Waals surface area contributed by atoms with Gasteiger partial charge in [0, 0.05) is 18.4 Å². The number of aromatic nitrogens is 3. The molecule has 78 valence electrons. The second-order valence-electron chi connectivity index (χ2n) is 4.19. The molecular weight excluding hydrogens is 176 g/mol. The van der Waals surface area contributed by atoms with Gasteiger partial charge in [0.1, 0.15) is 5.82 Å². The first-order valence-corrected chi connectivity index (χ1v) is 5.42. The van der Waals surface area contributed by atoms with Gasteiger partial charge in [-0.15, -0.1) is 0 Å². The molecule has 1 aliphatic rings. The first-order chi connectivity index (χ1) is 6.80. The van der Waals surface area contributed by atoms with Crippen molar-refractivity contribution in [2.24, 2.45) is 5.73 Å². The molecule has 1 fully saturated rings. The molecule has 1 aromatic rings. The van der Waals surface area contributed by atoms with E-state index in [0.717, 1.165) is 37.3 Å². The maximum absolute atomic E-state index is 5.79. The monoisotopic (exact) mass is 194 g/mol. The molecule has 3 N–H and O–H groups in total. The standard InChI is InChI=1S/C10H18N4/c1-2-4-8-12-9(14-13-8)10(7-11)5-3-6-10/h2-7,11H2,1H3,(H,12,13,14). The van der Waals surface area contributed by atoms with Crippen molar-refractivity contribution in [1.82, 2.24) is 15.2 Å². The quantitative estimate of drug-likeness (QED) is 0.755. The van der Waals surface area contributed by atoms with Gasteiger partial charge in [-0.1, -0.05) is 13.3 Å². The molecule has 0 unspecified atom stereocenters. The number of hydrogen-bond acceptors (Lipinski definition) is 3. The topological polar surface area (TPSA) is 67.6 Å². The summed E-state index contributed by atoms with van der Waals surface area (Å²) in [5.41, 5.74) is 5.89. The summed E-state index contributed by atoms with van der Waals surface area (Å²) in [6.07, 6.45) is 5.63. The van der Waals surface area contributed by atoms with Crippen LogP contribution in [-0.4, -0.2) is 21.7 Å². The fourth-order valence-electron chi connectivity index (χ4n) is 2.00. The van der Waals surface area contributed by atoms with Crippen molar-refractivity contribution in [2.45, 2.75) is 44.4 Å². The van der Waals surface area contributed by atoms with Crippen LogP contribution in [0.1, 0.15) is 44.3 Å². The summed E-state index contributed by atoms with van der Waals surface area (Å²) >= 11 is 0. The lowest BCUT2D eigenvalue weighted by atomic mass is 9.68. The van der Waals surface area contributed by atoms with Crippen molar-refractivity contribution in [3.05, 3.63) is 11.6 Å². The molecule has 4 nitrogen and oxygen atoms in total. The van der Waals surface area contributed by atoms with Crippen LogP contribution in [0.5, 0.6) is 0 Å². The highest BCUT2D eigenvalue weighted by Gasteiger charge is 2.40. The van der Waals surface area contributed by atoms with E-state index in [-0.39, 0.29) is 5.41 Å². The highest BCUT2D eigenvalue weighted by Crippen LogP contribution is 2.40. The zero-order valence-electron chi connectivity index (χ0n) is 8.71. The fourth-order valence-corrected chi connectivity index (χ4v) is 2.00. The number of rotatable bonds is 4. The van der Waals surface area contributed by atoms with Gasteiger partial charge >= 0.3 is 0 Å². The van der Waals surface area contributed by atoms with E-state index in [1.807, 2.05) is 0 Å². The number of hydrogen-bond donors (Lipinski definition) is 2. The molecule has 0 spiro atoms. The Morgan fingerprint density at radius 1 is 1.50 bits per heavy atom. The predicted molar refractivity (Wildman–Crippen MR) is 55.0 cm³/mol. The zero-order chi connectivity index (χ0) is 10.0. The van der Waals surface area contributed by atoms with E-state index in [1.165, 1.54) is 6.42 Å². The SMILES string of the molecule is CCCc1nc(C2(CN)CCC2)n[nH]1. The molecule has 0 atom stereocenters. The Morgan fingerprint density at radius 3 is 2.79 bits per heavy atom. The van der Waals surface area contributed by atoms with Crippen LogP contribution in [0.4, 0.5) is 0 Å². The summed E-state index contributed by atoms with van der Waals surface area (Å²) in [6.45, 7) is 2.82. The first-order valence-electron chi connectivity index (χ1n) is 5.42. The lowest BCUT2D eigenvalue weighted by Gasteiger charge is -2.38. The average molecular weight is 194 g/mol. The van der Waals surface area contributed by atoms with Crippen LogP contribution in [0.25, 0.3) is 0 Å². The minimum Gasteiger partial charge on any atom is -0.329 e. The second-order valence-corrected chi connectivity index (χ2v) is 4.19. The Morgan fingerprint density at radius 2 is 2.29 bits per heavy atom. The Kier molecular flexibility index (Phi) is 2.54. The minimum atomic E-state index is 0.0997. The lowest BCUT2D eigenvalue weighted by molar-refractivity contribution is 0.238. The van der Waals surface area contributed by atoms with Crippen LogP contribution >= 0.6 is 0 Å². The van der Waals surface area contributed by atoms with E-state index in [2.05, 4.69) is 22.1 Å². The molecule has 1 aromatic heterocycles. The largest absolute Gasteiger partial charge is 0.329 e. The van der Waals surface area contributed by atoms with Gasteiger partial charge in [-0.2, -0.15) is 5.10 Å². The molecule has 0 saturated heterocycles. The first kappa shape index (κ1) is 9.65. The van der Waals surface area contributed by atoms with Crippen molar-refractivity contribution in [3.8, 4) is 0 Å². The number of H-pyrrole nitrogens is 1. The van der Waals surface area contributed by atoms with E-state index >= 15 is 0 Å². The van der Waals surface area contributed by atoms with Gasteiger partial charge in [-0.05, 0) is 19.3 Å². The van der Waals surface area contributed by atoms with Crippen molar-refractivity contribution in [2.75, 3.05) is 6.54 Å². The molecule has 0 radical (unpaired) electrons. The Balaban J connectivity index is 2.15. The van der Waals surface area contributed by atoms with E-state index in [1.54, 1.807) is 0 Å². The van der Waals surface area contributed by atoms with Crippen molar-refractivity contribution in [1.29, 1.82) is 0 Å². The zero-order valence-corrected chi connectivity index (χ0v) is 8.71. The van der Waals surface area contributed by atoms with Gasteiger partial charge in [0.15, 0.2) is 5.82 Å². The van der Waals surface area contributed by atoms with Crippen LogP contribution in [0.15, 0.2) is 0 Å². The summed E-state index contributed by atoms with van der Waals surface area (Å²) in [5, 5.41) is 7.28. The Hall–Kier alpha value is -0.900. The molecule has 0 amide bonds. The van der Waals surface area contributed by atoms with E-state index in [0.29, 0.717) is 6.54 Å². The van der Waals surface area contributed by atoms with Crippen LogP contribution < -0.4 is 5.73 Å². The molecular formula is C10H18N4. The number of nitrogens with two attached hydrogens (primary N) is 1. The van der Waals surface area contributed by atoms with E-state index in [9.17, 15) is 0 Å². The maximum atomic E-state index is 5.79. The van der Waals surface area contributed by atoms with Crippen LogP contribution in [-0.2, 0) is 11.8 Å². The molecule has 2 rings (SSSR count). The average Bonchev–Trinajstić information content (AvgIpc) is 2.54. The molecule has 0 aliphatic heterocycles. The van der Waals surface area contributed by atoms with Gasteiger partial charge in [-0.25, -0.2) is 4.98 Å². The Labute approximate surface area is 84.3 Å². The van der Waals surface area contributed by atoms with Gasteiger partial charge in [-0.3, -0.25) is 5.10 Å². The van der Waals surface area contributed by atoms with Crippen molar-refractivity contribution in [3.63, 3.8) is 0 Å².